The third-order valence-electron chi connectivity index (χ3n) is 6.82. The molecule has 1 fully saturated rings. The number of hydrogen-bond donors (Lipinski definition) is 0. The molecule has 0 amide bonds. The van der Waals surface area contributed by atoms with E-state index in [0.29, 0.717) is 23.0 Å². The van der Waals surface area contributed by atoms with E-state index in [0.717, 1.165) is 34.8 Å². The zero-order valence-electron chi connectivity index (χ0n) is 19.4. The molecular formula is C25H26FN7S. The molecule has 9 heteroatoms. The van der Waals surface area contributed by atoms with Crippen LogP contribution in [0.4, 0.5) is 4.39 Å². The molecule has 0 bridgehead atoms. The van der Waals surface area contributed by atoms with Gasteiger partial charge in [-0.2, -0.15) is 15.5 Å². The fraction of sp³-hybridized carbons (Fsp3) is 0.360. The molecule has 0 saturated carbocycles. The average molecular weight is 476 g/mol. The van der Waals surface area contributed by atoms with Gasteiger partial charge in [0.2, 0.25) is 0 Å². The SMILES string of the molecule is Cc1c(-c2cc(Sc3ncccc3F)c3c(C#N)cnn3c2)cnn1[C@H](C)C1CCN(C)CC1. The Morgan fingerprint density at radius 2 is 2.03 bits per heavy atom. The van der Waals surface area contributed by atoms with Crippen molar-refractivity contribution in [1.29, 1.82) is 5.26 Å². The molecule has 7 nitrogen and oxygen atoms in total. The summed E-state index contributed by atoms with van der Waals surface area (Å²) in [7, 11) is 2.17. The molecule has 0 aromatic carbocycles. The van der Waals surface area contributed by atoms with E-state index in [4.69, 9.17) is 5.10 Å². The normalized spacial score (nSPS) is 16.1. The quantitative estimate of drug-likeness (QED) is 0.406. The van der Waals surface area contributed by atoms with Gasteiger partial charge in [0.25, 0.3) is 0 Å². The van der Waals surface area contributed by atoms with Crippen molar-refractivity contribution in [3.8, 4) is 17.2 Å². The van der Waals surface area contributed by atoms with E-state index in [1.807, 2.05) is 18.5 Å². The van der Waals surface area contributed by atoms with Gasteiger partial charge < -0.3 is 4.90 Å². The van der Waals surface area contributed by atoms with E-state index in [-0.39, 0.29) is 5.03 Å². The van der Waals surface area contributed by atoms with Gasteiger partial charge in [0.1, 0.15) is 11.1 Å². The summed E-state index contributed by atoms with van der Waals surface area (Å²) in [4.78, 5) is 7.28. The second-order valence-electron chi connectivity index (χ2n) is 8.92. The second-order valence-corrected chi connectivity index (χ2v) is 9.95. The first-order valence-electron chi connectivity index (χ1n) is 11.4. The molecule has 1 atom stereocenters. The molecule has 5 rings (SSSR count). The number of piperidine rings is 1. The third-order valence-corrected chi connectivity index (χ3v) is 7.84. The Labute approximate surface area is 202 Å². The van der Waals surface area contributed by atoms with E-state index in [9.17, 15) is 9.65 Å². The van der Waals surface area contributed by atoms with Crippen LogP contribution in [0.1, 0.15) is 37.1 Å². The summed E-state index contributed by atoms with van der Waals surface area (Å²) in [6, 6.07) is 7.42. The molecule has 174 valence electrons. The molecule has 0 spiro atoms. The fourth-order valence-corrected chi connectivity index (χ4v) is 5.74. The molecule has 1 aliphatic heterocycles. The second kappa shape index (κ2) is 9.20. The Bertz CT molecular complexity index is 1380. The topological polar surface area (TPSA) is 75.0 Å². The van der Waals surface area contributed by atoms with Gasteiger partial charge in [-0.15, -0.1) is 0 Å². The predicted molar refractivity (Wildman–Crippen MR) is 129 cm³/mol. The van der Waals surface area contributed by atoms with Gasteiger partial charge in [-0.05, 0) is 70.9 Å². The van der Waals surface area contributed by atoms with Gasteiger partial charge in [0.05, 0.1) is 29.5 Å². The summed E-state index contributed by atoms with van der Waals surface area (Å²) in [6.45, 7) is 6.57. The highest BCUT2D eigenvalue weighted by atomic mass is 32.2. The Morgan fingerprint density at radius 1 is 1.24 bits per heavy atom. The fourth-order valence-electron chi connectivity index (χ4n) is 4.77. The monoisotopic (exact) mass is 475 g/mol. The summed E-state index contributed by atoms with van der Waals surface area (Å²) >= 11 is 1.20. The van der Waals surface area contributed by atoms with Crippen LogP contribution in [0.3, 0.4) is 0 Å². The van der Waals surface area contributed by atoms with Crippen molar-refractivity contribution in [2.24, 2.45) is 5.92 Å². The van der Waals surface area contributed by atoms with E-state index in [2.05, 4.69) is 46.6 Å². The lowest BCUT2D eigenvalue weighted by Crippen LogP contribution is -2.33. The molecule has 1 saturated heterocycles. The number of nitriles is 1. The number of aromatic nitrogens is 5. The minimum Gasteiger partial charge on any atom is -0.306 e. The van der Waals surface area contributed by atoms with E-state index < -0.39 is 5.82 Å². The van der Waals surface area contributed by atoms with Gasteiger partial charge in [-0.1, -0.05) is 11.8 Å². The lowest BCUT2D eigenvalue weighted by Gasteiger charge is -2.33. The Hall–Kier alpha value is -3.22. The van der Waals surface area contributed by atoms with Crippen LogP contribution in [-0.2, 0) is 0 Å². The summed E-state index contributed by atoms with van der Waals surface area (Å²) in [6.07, 6.45) is 9.23. The van der Waals surface area contributed by atoms with Crippen molar-refractivity contribution in [2.75, 3.05) is 20.1 Å². The molecular weight excluding hydrogens is 449 g/mol. The van der Waals surface area contributed by atoms with Crippen molar-refractivity contribution < 1.29 is 4.39 Å². The summed E-state index contributed by atoms with van der Waals surface area (Å²) in [5.74, 6) is 0.192. The largest absolute Gasteiger partial charge is 0.306 e. The van der Waals surface area contributed by atoms with Crippen LogP contribution in [-0.4, -0.2) is 49.4 Å². The summed E-state index contributed by atoms with van der Waals surface area (Å²) in [5.41, 5.74) is 4.08. The molecule has 0 radical (unpaired) electrons. The first kappa shape index (κ1) is 22.6. The van der Waals surface area contributed by atoms with Gasteiger partial charge in [-0.25, -0.2) is 13.9 Å². The predicted octanol–water partition coefficient (Wildman–Crippen LogP) is 4.97. The van der Waals surface area contributed by atoms with Crippen molar-refractivity contribution in [1.82, 2.24) is 29.3 Å². The standard InChI is InChI=1S/C25H26FN7S/c1-16(18-6-9-31(3)10-7-18)33-17(2)21(14-30-33)19-11-23(34-25-22(26)5-4-8-28-25)24-20(12-27)13-29-32(24)15-19/h4-5,8,11,13-16,18H,6-7,9-10H2,1-3H3/t16-/m1/s1. The number of rotatable bonds is 5. The van der Waals surface area contributed by atoms with Crippen LogP contribution in [0.25, 0.3) is 16.6 Å². The number of fused-ring (bicyclic) bond motifs is 1. The maximum Gasteiger partial charge on any atom is 0.155 e. The van der Waals surface area contributed by atoms with Crippen LogP contribution >= 0.6 is 11.8 Å². The smallest absolute Gasteiger partial charge is 0.155 e. The van der Waals surface area contributed by atoms with E-state index in [1.165, 1.54) is 36.9 Å². The van der Waals surface area contributed by atoms with Gasteiger partial charge in [0, 0.05) is 34.1 Å². The highest BCUT2D eigenvalue weighted by molar-refractivity contribution is 7.99. The number of pyridine rings is 2. The molecule has 0 N–H and O–H groups in total. The van der Waals surface area contributed by atoms with Crippen molar-refractivity contribution in [2.45, 2.75) is 42.7 Å². The Balaban J connectivity index is 1.55. The first-order valence-corrected chi connectivity index (χ1v) is 12.2. The molecule has 4 aromatic heterocycles. The van der Waals surface area contributed by atoms with E-state index >= 15 is 0 Å². The van der Waals surface area contributed by atoms with Crippen molar-refractivity contribution in [3.05, 3.63) is 60.1 Å². The maximum atomic E-state index is 14.4. The lowest BCUT2D eigenvalue weighted by molar-refractivity contribution is 0.173. The lowest BCUT2D eigenvalue weighted by atomic mass is 9.90. The molecule has 4 aromatic rings. The highest BCUT2D eigenvalue weighted by Crippen LogP contribution is 2.37. The Kier molecular flexibility index (Phi) is 6.11. The van der Waals surface area contributed by atoms with Gasteiger partial charge in [-0.3, -0.25) is 4.68 Å². The molecule has 5 heterocycles. The van der Waals surface area contributed by atoms with Crippen LogP contribution in [0, 0.1) is 30.0 Å². The zero-order valence-corrected chi connectivity index (χ0v) is 20.3. The first-order chi connectivity index (χ1) is 16.5. The molecule has 0 unspecified atom stereocenters. The number of halogens is 1. The van der Waals surface area contributed by atoms with Gasteiger partial charge >= 0.3 is 0 Å². The average Bonchev–Trinajstić information content (AvgIpc) is 3.44. The van der Waals surface area contributed by atoms with Crippen molar-refractivity contribution >= 4 is 17.3 Å². The summed E-state index contributed by atoms with van der Waals surface area (Å²) in [5, 5.41) is 19.0. The van der Waals surface area contributed by atoms with E-state index in [1.54, 1.807) is 16.8 Å². The van der Waals surface area contributed by atoms with Crippen molar-refractivity contribution in [3.63, 3.8) is 0 Å². The van der Waals surface area contributed by atoms with Gasteiger partial charge in [0.15, 0.2) is 5.82 Å². The number of nitrogens with zero attached hydrogens (tertiary/aromatic N) is 7. The Morgan fingerprint density at radius 3 is 2.76 bits per heavy atom. The van der Waals surface area contributed by atoms with Crippen LogP contribution in [0.2, 0.25) is 0 Å². The summed E-state index contributed by atoms with van der Waals surface area (Å²) < 4.78 is 18.2. The maximum absolute atomic E-state index is 14.4. The molecule has 1 aliphatic rings. The number of hydrogen-bond acceptors (Lipinski definition) is 6. The number of likely N-dealkylation sites (tertiary alicyclic amines) is 1. The molecule has 34 heavy (non-hydrogen) atoms. The highest BCUT2D eigenvalue weighted by Gasteiger charge is 2.26. The van der Waals surface area contributed by atoms with Crippen LogP contribution in [0.5, 0.6) is 0 Å². The minimum absolute atomic E-state index is 0.259. The molecule has 0 aliphatic carbocycles. The minimum atomic E-state index is -0.398. The third kappa shape index (κ3) is 4.08. The van der Waals surface area contributed by atoms with Crippen LogP contribution < -0.4 is 0 Å². The zero-order chi connectivity index (χ0) is 23.8. The van der Waals surface area contributed by atoms with Crippen LogP contribution in [0.15, 0.2) is 52.9 Å².